The van der Waals surface area contributed by atoms with Gasteiger partial charge in [-0.1, -0.05) is 48.5 Å². The predicted molar refractivity (Wildman–Crippen MR) is 207 cm³/mol. The van der Waals surface area contributed by atoms with Crippen LogP contribution < -0.4 is 11.1 Å². The van der Waals surface area contributed by atoms with Crippen molar-refractivity contribution in [3.05, 3.63) is 123 Å². The Hall–Kier alpha value is -4.91. The second-order valence-corrected chi connectivity index (χ2v) is 13.0. The summed E-state index contributed by atoms with van der Waals surface area (Å²) in [4.78, 5) is 26.8. The predicted octanol–water partition coefficient (Wildman–Crippen LogP) is 10.1. The Kier molecular flexibility index (Phi) is 9.81. The molecule has 7 aromatic rings. The van der Waals surface area contributed by atoms with E-state index in [1.807, 2.05) is 63.2 Å². The lowest BCUT2D eigenvalue weighted by molar-refractivity contribution is 0.102. The minimum absolute atomic E-state index is 0.223. The van der Waals surface area contributed by atoms with Gasteiger partial charge < -0.3 is 16.2 Å². The van der Waals surface area contributed by atoms with Crippen LogP contribution in [0, 0.1) is 48.5 Å². The average molecular weight is 655 g/mol. The maximum atomic E-state index is 13.7. The topological polar surface area (TPSA) is 92.4 Å². The van der Waals surface area contributed by atoms with Crippen molar-refractivity contribution < 1.29 is 14.7 Å². The third-order valence-electron chi connectivity index (χ3n) is 9.46. The molecule has 0 atom stereocenters. The molecule has 0 fully saturated rings. The molecule has 0 aliphatic carbocycles. The molecule has 0 radical (unpaired) electrons. The number of aryl methyl sites for hydroxylation is 7. The molecular weight excluding hydrogens is 613 g/mol. The Bertz CT molecular complexity index is 2270. The van der Waals surface area contributed by atoms with E-state index in [0.29, 0.717) is 16.5 Å². The molecule has 5 nitrogen and oxygen atoms in total. The number of benzene rings is 7. The number of thiol groups is 1. The van der Waals surface area contributed by atoms with Crippen LogP contribution in [0.3, 0.4) is 0 Å². The first-order chi connectivity index (χ1) is 22.9. The maximum absolute atomic E-state index is 13.7. The summed E-state index contributed by atoms with van der Waals surface area (Å²) < 4.78 is 0. The Morgan fingerprint density at radius 1 is 0.604 bits per heavy atom. The van der Waals surface area contributed by atoms with Crippen molar-refractivity contribution in [2.24, 2.45) is 0 Å². The molecule has 1 amide bonds. The first kappa shape index (κ1) is 34.4. The van der Waals surface area contributed by atoms with Crippen molar-refractivity contribution >= 4 is 79.3 Å². The molecule has 0 saturated heterocycles. The molecule has 0 aliphatic heterocycles. The van der Waals surface area contributed by atoms with Gasteiger partial charge in [0, 0.05) is 39.9 Å². The highest BCUT2D eigenvalue weighted by Crippen LogP contribution is 2.44. The molecule has 7 aromatic carbocycles. The summed E-state index contributed by atoms with van der Waals surface area (Å²) in [7, 11) is 1.00. The number of nitrogen functional groups attached to an aromatic ring is 1. The smallest absolute Gasteiger partial charge is 0.256 e. The molecule has 48 heavy (non-hydrogen) atoms. The fourth-order valence-corrected chi connectivity index (χ4v) is 6.98. The third kappa shape index (κ3) is 5.98. The van der Waals surface area contributed by atoms with Gasteiger partial charge in [-0.05, 0) is 149 Å². The summed E-state index contributed by atoms with van der Waals surface area (Å²) in [6, 6.07) is 24.3. The monoisotopic (exact) mass is 654 g/mol. The van der Waals surface area contributed by atoms with Crippen LogP contribution in [0.15, 0.2) is 77.7 Å². The van der Waals surface area contributed by atoms with Crippen LogP contribution in [0.25, 0.3) is 43.1 Å². The largest absolute Gasteiger partial charge is 0.400 e. The quantitative estimate of drug-likeness (QED) is 0.0502. The van der Waals surface area contributed by atoms with Gasteiger partial charge in [0.15, 0.2) is 6.29 Å². The number of hydrogen-bond acceptors (Lipinski definition) is 5. The van der Waals surface area contributed by atoms with Crippen LogP contribution in [0.2, 0.25) is 0 Å². The molecule has 0 aromatic heterocycles. The van der Waals surface area contributed by atoms with E-state index in [2.05, 4.69) is 63.3 Å². The van der Waals surface area contributed by atoms with Gasteiger partial charge in [-0.15, -0.1) is 12.6 Å². The van der Waals surface area contributed by atoms with E-state index >= 15 is 0 Å². The number of aldehydes is 1. The molecule has 0 heterocycles. The van der Waals surface area contributed by atoms with E-state index in [1.54, 1.807) is 0 Å². The fourth-order valence-electron chi connectivity index (χ4n) is 6.62. The van der Waals surface area contributed by atoms with E-state index in [9.17, 15) is 9.59 Å². The SMILES string of the molecule is CO.Cc1cc(C)c(N)cc1C.Cc1cc(C)c(NC(=O)c2ccc3c4ccc(C)c5c(S)ccc(c6ccc(C=O)c2c63)c54)cc1C. The zero-order chi connectivity index (χ0) is 35.0. The lowest BCUT2D eigenvalue weighted by atomic mass is 9.86. The zero-order valence-corrected chi connectivity index (χ0v) is 29.7. The van der Waals surface area contributed by atoms with Crippen LogP contribution in [-0.2, 0) is 0 Å². The van der Waals surface area contributed by atoms with Crippen molar-refractivity contribution in [2.45, 2.75) is 53.4 Å². The summed E-state index contributed by atoms with van der Waals surface area (Å²) in [5, 5.41) is 18.3. The first-order valence-corrected chi connectivity index (χ1v) is 16.3. The molecule has 0 spiro atoms. The van der Waals surface area contributed by atoms with Crippen molar-refractivity contribution in [1.29, 1.82) is 0 Å². The molecule has 4 N–H and O–H groups in total. The summed E-state index contributed by atoms with van der Waals surface area (Å²) >= 11 is 4.75. The van der Waals surface area contributed by atoms with Crippen molar-refractivity contribution in [1.82, 2.24) is 0 Å². The van der Waals surface area contributed by atoms with E-state index < -0.39 is 0 Å². The van der Waals surface area contributed by atoms with Crippen LogP contribution in [0.1, 0.15) is 59.7 Å². The standard InChI is InChI=1S/C32H25NO2S.C9H13N.CH4O/c1-16-5-7-21-23-9-10-25(32(35)33-26-14-18(3)17(2)13-19(26)4)29-20(15-34)6-8-22(31(23)29)24-11-12-27(36)28(16)30(21)24;1-6-4-8(3)9(10)5-7(6)2;1-2/h5-15,36H,1-4H3,(H,33,35);4-5H,10H2,1-3H3;2H,1H3. The average Bonchev–Trinajstić information content (AvgIpc) is 3.07. The number of amides is 1. The molecule has 7 rings (SSSR count). The van der Waals surface area contributed by atoms with Gasteiger partial charge in [-0.3, -0.25) is 9.59 Å². The molecule has 0 unspecified atom stereocenters. The fraction of sp³-hybridized carbons (Fsp3) is 0.190. The van der Waals surface area contributed by atoms with E-state index in [4.69, 9.17) is 23.5 Å². The Labute approximate surface area is 287 Å². The van der Waals surface area contributed by atoms with Gasteiger partial charge in [-0.25, -0.2) is 0 Å². The van der Waals surface area contributed by atoms with Gasteiger partial charge in [0.2, 0.25) is 0 Å². The molecule has 244 valence electrons. The number of nitrogens with one attached hydrogen (secondary N) is 1. The van der Waals surface area contributed by atoms with Crippen molar-refractivity contribution in [3.63, 3.8) is 0 Å². The number of carbonyl (C=O) groups excluding carboxylic acids is 2. The van der Waals surface area contributed by atoms with Crippen molar-refractivity contribution in [3.8, 4) is 0 Å². The van der Waals surface area contributed by atoms with E-state index in [1.165, 1.54) is 27.8 Å². The molecule has 6 heteroatoms. The lowest BCUT2D eigenvalue weighted by Crippen LogP contribution is -2.14. The van der Waals surface area contributed by atoms with Crippen LogP contribution in [0.5, 0.6) is 0 Å². The summed E-state index contributed by atoms with van der Waals surface area (Å²) in [6.45, 7) is 14.4. The summed E-state index contributed by atoms with van der Waals surface area (Å²) in [6.07, 6.45) is 0.845. The Balaban J connectivity index is 0.000000321. The number of hydrogen-bond donors (Lipinski definition) is 4. The normalized spacial score (nSPS) is 11.0. The van der Waals surface area contributed by atoms with Crippen LogP contribution in [-0.4, -0.2) is 24.4 Å². The first-order valence-electron chi connectivity index (χ1n) is 15.9. The Morgan fingerprint density at radius 3 is 1.71 bits per heavy atom. The summed E-state index contributed by atoms with van der Waals surface area (Å²) in [5.41, 5.74) is 16.6. The highest BCUT2D eigenvalue weighted by molar-refractivity contribution is 7.80. The Morgan fingerprint density at radius 2 is 1.10 bits per heavy atom. The molecule has 0 aliphatic rings. The van der Waals surface area contributed by atoms with Gasteiger partial charge in [-0.2, -0.15) is 0 Å². The number of fused-ring (bicyclic) bond motifs is 2. The zero-order valence-electron chi connectivity index (χ0n) is 28.8. The van der Waals surface area contributed by atoms with Crippen LogP contribution in [0.4, 0.5) is 11.4 Å². The second-order valence-electron chi connectivity index (χ2n) is 12.5. The van der Waals surface area contributed by atoms with E-state index in [0.717, 1.165) is 78.5 Å². The molecule has 0 saturated carbocycles. The second kappa shape index (κ2) is 13.7. The highest BCUT2D eigenvalue weighted by atomic mass is 32.1. The molecular formula is C42H42N2O3S. The minimum atomic E-state index is -0.223. The van der Waals surface area contributed by atoms with E-state index in [-0.39, 0.29) is 5.91 Å². The number of aliphatic hydroxyl groups is 1. The highest BCUT2D eigenvalue weighted by Gasteiger charge is 2.21. The van der Waals surface area contributed by atoms with Gasteiger partial charge >= 0.3 is 0 Å². The van der Waals surface area contributed by atoms with Crippen LogP contribution >= 0.6 is 12.6 Å². The minimum Gasteiger partial charge on any atom is -0.400 e. The summed E-state index contributed by atoms with van der Waals surface area (Å²) in [5.74, 6) is -0.223. The van der Waals surface area contributed by atoms with Gasteiger partial charge in [0.05, 0.1) is 0 Å². The third-order valence-corrected chi connectivity index (χ3v) is 9.84. The lowest BCUT2D eigenvalue weighted by Gasteiger charge is -2.19. The number of aliphatic hydroxyl groups excluding tert-OH is 1. The van der Waals surface area contributed by atoms with Gasteiger partial charge in [0.1, 0.15) is 0 Å². The van der Waals surface area contributed by atoms with Crippen molar-refractivity contribution in [2.75, 3.05) is 18.2 Å². The molecule has 0 bridgehead atoms. The number of carbonyl (C=O) groups is 2. The number of anilines is 2. The number of nitrogens with two attached hydrogens (primary N) is 1. The maximum Gasteiger partial charge on any atom is 0.256 e. The van der Waals surface area contributed by atoms with Gasteiger partial charge in [0.25, 0.3) is 5.91 Å². The number of rotatable bonds is 3.